The van der Waals surface area contributed by atoms with Gasteiger partial charge in [0.2, 0.25) is 0 Å². The van der Waals surface area contributed by atoms with E-state index in [0.29, 0.717) is 14.7 Å². The molecule has 0 aromatic carbocycles. The van der Waals surface area contributed by atoms with Crippen LogP contribution in [0.5, 0.6) is 0 Å². The van der Waals surface area contributed by atoms with Crippen LogP contribution in [0.3, 0.4) is 0 Å². The molecule has 0 aliphatic rings. The van der Waals surface area contributed by atoms with Gasteiger partial charge in [-0.2, -0.15) is 0 Å². The lowest BCUT2D eigenvalue weighted by atomic mass is 10.5. The van der Waals surface area contributed by atoms with Gasteiger partial charge in [0.25, 0.3) is 0 Å². The third-order valence-electron chi connectivity index (χ3n) is 2.17. The molecule has 0 amide bonds. The van der Waals surface area contributed by atoms with E-state index in [9.17, 15) is 9.00 Å². The smallest absolute Gasteiger partial charge is 0.319 e. The average molecular weight is 296 g/mol. The second-order valence-corrected chi connectivity index (χ2v) is 6.15. The number of nitrogens with zero attached hydrogens (tertiary/aromatic N) is 2. The van der Waals surface area contributed by atoms with E-state index in [1.165, 1.54) is 11.3 Å². The maximum atomic E-state index is 12.0. The minimum absolute atomic E-state index is 0.183. The second kappa shape index (κ2) is 6.53. The predicted octanol–water partition coefficient (Wildman–Crippen LogP) is 1.92. The number of aromatic nitrogens is 2. The molecule has 19 heavy (non-hydrogen) atoms. The molecular formula is C12H12N2O3S2. The molecule has 100 valence electrons. The van der Waals surface area contributed by atoms with Crippen molar-refractivity contribution in [1.82, 2.24) is 9.97 Å². The van der Waals surface area contributed by atoms with E-state index in [-0.39, 0.29) is 12.4 Å². The molecule has 0 radical (unpaired) electrons. The number of esters is 1. The summed E-state index contributed by atoms with van der Waals surface area (Å²) in [4.78, 5) is 20.5. The molecule has 5 nitrogen and oxygen atoms in total. The van der Waals surface area contributed by atoms with Crippen LogP contribution in [0.4, 0.5) is 0 Å². The first-order chi connectivity index (χ1) is 9.20. The Morgan fingerprint density at radius 1 is 1.58 bits per heavy atom. The van der Waals surface area contributed by atoms with Crippen molar-refractivity contribution in [3.8, 4) is 0 Å². The van der Waals surface area contributed by atoms with Crippen molar-refractivity contribution in [3.63, 3.8) is 0 Å². The molecule has 7 heteroatoms. The fourth-order valence-electron chi connectivity index (χ4n) is 1.30. The maximum Gasteiger partial charge on any atom is 0.319 e. The highest BCUT2D eigenvalue weighted by Crippen LogP contribution is 2.22. The zero-order chi connectivity index (χ0) is 13.7. The summed E-state index contributed by atoms with van der Waals surface area (Å²) < 4.78 is 17.3. The zero-order valence-corrected chi connectivity index (χ0v) is 11.9. The van der Waals surface area contributed by atoms with Gasteiger partial charge in [-0.1, -0.05) is 23.5 Å². The molecule has 0 N–H and O–H groups in total. The number of hydrogen-bond donors (Lipinski definition) is 0. The Hall–Kier alpha value is -1.60. The van der Waals surface area contributed by atoms with E-state index < -0.39 is 16.8 Å². The van der Waals surface area contributed by atoms with Crippen LogP contribution < -0.4 is 0 Å². The molecule has 0 aliphatic carbocycles. The zero-order valence-electron chi connectivity index (χ0n) is 10.2. The molecule has 2 aromatic rings. The number of allylic oxidation sites excluding steroid dienone is 1. The van der Waals surface area contributed by atoms with E-state index in [4.69, 9.17) is 4.74 Å². The predicted molar refractivity (Wildman–Crippen MR) is 74.5 cm³/mol. The van der Waals surface area contributed by atoms with Crippen LogP contribution in [0, 0.1) is 0 Å². The summed E-state index contributed by atoms with van der Waals surface area (Å²) in [5.74, 6) is -0.680. The van der Waals surface area contributed by atoms with E-state index in [0.717, 1.165) is 0 Å². The van der Waals surface area contributed by atoms with Crippen molar-refractivity contribution in [2.45, 2.75) is 11.3 Å². The van der Waals surface area contributed by atoms with E-state index in [2.05, 4.69) is 9.97 Å². The number of ether oxygens (including phenoxy) is 1. The fraction of sp³-hybridized carbons (Fsp3) is 0.250. The number of pyridine rings is 1. The monoisotopic (exact) mass is 296 g/mol. The van der Waals surface area contributed by atoms with Gasteiger partial charge in [-0.05, 0) is 19.1 Å². The Morgan fingerprint density at radius 2 is 2.42 bits per heavy atom. The highest BCUT2D eigenvalue weighted by molar-refractivity contribution is 7.88. The van der Waals surface area contributed by atoms with Gasteiger partial charge in [-0.3, -0.25) is 9.00 Å². The van der Waals surface area contributed by atoms with Crippen molar-refractivity contribution < 1.29 is 13.7 Å². The van der Waals surface area contributed by atoms with Gasteiger partial charge in [0.05, 0.1) is 10.8 Å². The normalized spacial score (nSPS) is 12.9. The summed E-state index contributed by atoms with van der Waals surface area (Å²) >= 11 is 1.23. The first-order valence-electron chi connectivity index (χ1n) is 5.57. The van der Waals surface area contributed by atoms with Gasteiger partial charge >= 0.3 is 5.97 Å². The molecule has 2 rings (SSSR count). The summed E-state index contributed by atoms with van der Waals surface area (Å²) in [5.41, 5.74) is 0.693. The van der Waals surface area contributed by atoms with Crippen LogP contribution in [-0.4, -0.2) is 32.5 Å². The second-order valence-electron chi connectivity index (χ2n) is 3.55. The van der Waals surface area contributed by atoms with Gasteiger partial charge < -0.3 is 4.74 Å². The lowest BCUT2D eigenvalue weighted by Gasteiger charge is -1.99. The van der Waals surface area contributed by atoms with Crippen molar-refractivity contribution in [1.29, 1.82) is 0 Å². The molecule has 0 spiro atoms. The van der Waals surface area contributed by atoms with Gasteiger partial charge in [0.1, 0.15) is 22.7 Å². The molecule has 0 aliphatic heterocycles. The maximum absolute atomic E-state index is 12.0. The third kappa shape index (κ3) is 3.68. The lowest BCUT2D eigenvalue weighted by molar-refractivity contribution is -0.139. The van der Waals surface area contributed by atoms with Gasteiger partial charge in [0.15, 0.2) is 4.34 Å². The van der Waals surface area contributed by atoms with Gasteiger partial charge in [0, 0.05) is 6.20 Å². The van der Waals surface area contributed by atoms with Crippen molar-refractivity contribution in [3.05, 3.63) is 30.5 Å². The van der Waals surface area contributed by atoms with Crippen molar-refractivity contribution in [2.24, 2.45) is 0 Å². The van der Waals surface area contributed by atoms with Crippen molar-refractivity contribution in [2.75, 3.05) is 12.4 Å². The van der Waals surface area contributed by atoms with Crippen LogP contribution in [0.15, 0.2) is 34.8 Å². The molecule has 0 fully saturated rings. The minimum Gasteiger partial charge on any atom is -0.461 e. The molecule has 0 bridgehead atoms. The molecule has 2 heterocycles. The van der Waals surface area contributed by atoms with E-state index in [1.54, 1.807) is 30.5 Å². The Labute approximate surface area is 116 Å². The van der Waals surface area contributed by atoms with Crippen LogP contribution in [0.25, 0.3) is 10.3 Å². The first-order valence-corrected chi connectivity index (χ1v) is 7.71. The number of thiazole rings is 1. The number of carbonyl (C=O) groups is 1. The van der Waals surface area contributed by atoms with E-state index in [1.807, 2.05) is 6.92 Å². The van der Waals surface area contributed by atoms with Crippen LogP contribution in [0.1, 0.15) is 6.92 Å². The molecule has 0 saturated carbocycles. The Bertz CT molecular complexity index is 604. The number of hydrogen-bond acceptors (Lipinski definition) is 6. The molecule has 0 saturated heterocycles. The largest absolute Gasteiger partial charge is 0.461 e. The lowest BCUT2D eigenvalue weighted by Crippen LogP contribution is -2.14. The Balaban J connectivity index is 2.01. The quantitative estimate of drug-likeness (QED) is 0.623. The van der Waals surface area contributed by atoms with Crippen molar-refractivity contribution >= 4 is 38.5 Å². The van der Waals surface area contributed by atoms with Gasteiger partial charge in [-0.25, -0.2) is 9.97 Å². The summed E-state index contributed by atoms with van der Waals surface area (Å²) in [6.45, 7) is 2.04. The number of fused-ring (bicyclic) bond motifs is 1. The Kier molecular flexibility index (Phi) is 4.75. The first kappa shape index (κ1) is 13.8. The Morgan fingerprint density at radius 3 is 3.16 bits per heavy atom. The van der Waals surface area contributed by atoms with E-state index >= 15 is 0 Å². The molecular weight excluding hydrogens is 284 g/mol. The molecule has 1 atom stereocenters. The number of carbonyl (C=O) groups excluding carboxylic acids is 1. The van der Waals surface area contributed by atoms with Gasteiger partial charge in [-0.15, -0.1) is 0 Å². The highest BCUT2D eigenvalue weighted by atomic mass is 32.2. The molecule has 1 unspecified atom stereocenters. The van der Waals surface area contributed by atoms with Crippen LogP contribution in [-0.2, 0) is 20.3 Å². The SMILES string of the molecule is CC=CCOC(=O)CS(=O)c1nc2cccnc2s1. The van der Waals surface area contributed by atoms with Crippen LogP contribution >= 0.6 is 11.3 Å². The van der Waals surface area contributed by atoms with Crippen LogP contribution in [0.2, 0.25) is 0 Å². The standard InChI is InChI=1S/C12H12N2O3S2/c1-2-3-7-17-10(15)8-19(16)12-14-9-5-4-6-13-11(9)18-12/h2-6H,7-8H2,1H3. The average Bonchev–Trinajstić information content (AvgIpc) is 2.83. The summed E-state index contributed by atoms with van der Waals surface area (Å²) in [7, 11) is -1.48. The summed E-state index contributed by atoms with van der Waals surface area (Å²) in [6, 6.07) is 3.56. The third-order valence-corrected chi connectivity index (χ3v) is 4.73. The fourth-order valence-corrected chi connectivity index (χ4v) is 3.34. The summed E-state index contributed by atoms with van der Waals surface area (Å²) in [5, 5.41) is 0. The number of rotatable bonds is 5. The summed E-state index contributed by atoms with van der Waals surface area (Å²) in [6.07, 6.45) is 5.14. The highest BCUT2D eigenvalue weighted by Gasteiger charge is 2.15. The minimum atomic E-state index is -1.48. The topological polar surface area (TPSA) is 69.2 Å². The molecule has 2 aromatic heterocycles.